The summed E-state index contributed by atoms with van der Waals surface area (Å²) in [7, 11) is -3.16. The summed E-state index contributed by atoms with van der Waals surface area (Å²) in [5.74, 6) is 0.472. The lowest BCUT2D eigenvalue weighted by atomic mass is 9.95. The molecule has 0 heterocycles. The summed E-state index contributed by atoms with van der Waals surface area (Å²) in [6, 6.07) is 6.50. The molecule has 0 bridgehead atoms. The smallest absolute Gasteiger partial charge is 0.175 e. The van der Waals surface area contributed by atoms with Gasteiger partial charge in [-0.15, -0.1) is 0 Å². The Bertz CT molecular complexity index is 462. The standard InChI is InChI=1S/C14H22O3S/c1-4-5-11(2)10-14(15)12-6-8-13(9-7-12)18(3,16)17/h6-9,11,14-15H,4-5,10H2,1-3H3. The van der Waals surface area contributed by atoms with Crippen LogP contribution in [0.5, 0.6) is 0 Å². The van der Waals surface area contributed by atoms with Crippen LogP contribution in [0.15, 0.2) is 29.2 Å². The number of rotatable bonds is 6. The Hall–Kier alpha value is -0.870. The Morgan fingerprint density at radius 2 is 1.78 bits per heavy atom. The maximum absolute atomic E-state index is 11.3. The lowest BCUT2D eigenvalue weighted by Gasteiger charge is -2.16. The van der Waals surface area contributed by atoms with Crippen molar-refractivity contribution in [2.45, 2.75) is 44.1 Å². The van der Waals surface area contributed by atoms with Crippen molar-refractivity contribution in [2.24, 2.45) is 5.92 Å². The second-order valence-electron chi connectivity index (χ2n) is 4.99. The van der Waals surface area contributed by atoms with Crippen molar-refractivity contribution in [1.82, 2.24) is 0 Å². The fourth-order valence-corrected chi connectivity index (χ4v) is 2.70. The van der Waals surface area contributed by atoms with E-state index in [1.54, 1.807) is 24.3 Å². The number of sulfone groups is 1. The molecule has 0 spiro atoms. The molecule has 4 heteroatoms. The van der Waals surface area contributed by atoms with Crippen LogP contribution in [0.2, 0.25) is 0 Å². The van der Waals surface area contributed by atoms with Gasteiger partial charge in [0.15, 0.2) is 9.84 Å². The van der Waals surface area contributed by atoms with Crippen LogP contribution < -0.4 is 0 Å². The molecule has 0 radical (unpaired) electrons. The summed E-state index contributed by atoms with van der Waals surface area (Å²) >= 11 is 0. The number of hydrogen-bond acceptors (Lipinski definition) is 3. The van der Waals surface area contributed by atoms with Gasteiger partial charge in [0.2, 0.25) is 0 Å². The number of hydrogen-bond donors (Lipinski definition) is 1. The van der Waals surface area contributed by atoms with Gasteiger partial charge in [0, 0.05) is 6.26 Å². The van der Waals surface area contributed by atoms with Crippen molar-refractivity contribution < 1.29 is 13.5 Å². The maximum Gasteiger partial charge on any atom is 0.175 e. The van der Waals surface area contributed by atoms with E-state index >= 15 is 0 Å². The van der Waals surface area contributed by atoms with Crippen LogP contribution in [-0.2, 0) is 9.84 Å². The van der Waals surface area contributed by atoms with Crippen LogP contribution >= 0.6 is 0 Å². The molecule has 1 aromatic carbocycles. The predicted octanol–water partition coefficient (Wildman–Crippen LogP) is 2.95. The van der Waals surface area contributed by atoms with E-state index in [-0.39, 0.29) is 0 Å². The molecular weight excluding hydrogens is 248 g/mol. The molecule has 0 fully saturated rings. The molecule has 0 aliphatic rings. The zero-order valence-electron chi connectivity index (χ0n) is 11.3. The second-order valence-corrected chi connectivity index (χ2v) is 7.00. The first-order valence-corrected chi connectivity index (χ1v) is 8.21. The molecule has 0 saturated heterocycles. The predicted molar refractivity (Wildman–Crippen MR) is 73.2 cm³/mol. The average Bonchev–Trinajstić information content (AvgIpc) is 2.28. The Morgan fingerprint density at radius 3 is 2.22 bits per heavy atom. The maximum atomic E-state index is 11.3. The van der Waals surface area contributed by atoms with E-state index in [1.165, 1.54) is 6.26 Å². The van der Waals surface area contributed by atoms with E-state index in [4.69, 9.17) is 0 Å². The van der Waals surface area contributed by atoms with E-state index < -0.39 is 15.9 Å². The minimum absolute atomic E-state index is 0.292. The Morgan fingerprint density at radius 1 is 1.22 bits per heavy atom. The van der Waals surface area contributed by atoms with Crippen LogP contribution in [0.25, 0.3) is 0 Å². The first-order chi connectivity index (χ1) is 8.34. The molecule has 0 saturated carbocycles. The number of benzene rings is 1. The van der Waals surface area contributed by atoms with E-state index in [0.29, 0.717) is 17.2 Å². The third-order valence-electron chi connectivity index (χ3n) is 3.10. The quantitative estimate of drug-likeness (QED) is 0.864. The van der Waals surface area contributed by atoms with Crippen molar-refractivity contribution in [3.8, 4) is 0 Å². The zero-order chi connectivity index (χ0) is 13.8. The lowest BCUT2D eigenvalue weighted by molar-refractivity contribution is 0.145. The minimum atomic E-state index is -3.16. The summed E-state index contributed by atoms with van der Waals surface area (Å²) in [6.07, 6.45) is 3.59. The largest absolute Gasteiger partial charge is 0.388 e. The molecular formula is C14H22O3S. The van der Waals surface area contributed by atoms with Gasteiger partial charge in [-0.1, -0.05) is 38.8 Å². The van der Waals surface area contributed by atoms with Gasteiger partial charge in [0.25, 0.3) is 0 Å². The average molecular weight is 270 g/mol. The normalized spacial score (nSPS) is 15.3. The van der Waals surface area contributed by atoms with Crippen molar-refractivity contribution in [3.05, 3.63) is 29.8 Å². The van der Waals surface area contributed by atoms with Gasteiger partial charge in [-0.3, -0.25) is 0 Å². The molecule has 2 unspecified atom stereocenters. The molecule has 1 N–H and O–H groups in total. The van der Waals surface area contributed by atoms with E-state index in [2.05, 4.69) is 13.8 Å². The van der Waals surface area contributed by atoms with Gasteiger partial charge in [0.1, 0.15) is 0 Å². The molecule has 3 nitrogen and oxygen atoms in total. The van der Waals surface area contributed by atoms with Crippen molar-refractivity contribution in [1.29, 1.82) is 0 Å². The number of aliphatic hydroxyl groups excluding tert-OH is 1. The second kappa shape index (κ2) is 6.34. The van der Waals surface area contributed by atoms with E-state index in [0.717, 1.165) is 18.4 Å². The summed E-state index contributed by atoms with van der Waals surface area (Å²) in [4.78, 5) is 0.292. The van der Waals surface area contributed by atoms with Crippen LogP contribution in [0.1, 0.15) is 44.8 Å². The first kappa shape index (κ1) is 15.2. The Labute approximate surface area is 110 Å². The van der Waals surface area contributed by atoms with Crippen molar-refractivity contribution >= 4 is 9.84 Å². The summed E-state index contributed by atoms with van der Waals surface area (Å²) in [6.45, 7) is 4.25. The van der Waals surface area contributed by atoms with Gasteiger partial charge < -0.3 is 5.11 Å². The first-order valence-electron chi connectivity index (χ1n) is 6.32. The van der Waals surface area contributed by atoms with Gasteiger partial charge >= 0.3 is 0 Å². The van der Waals surface area contributed by atoms with Crippen LogP contribution in [0.3, 0.4) is 0 Å². The fourth-order valence-electron chi connectivity index (χ4n) is 2.07. The van der Waals surface area contributed by atoms with Gasteiger partial charge in [-0.2, -0.15) is 0 Å². The summed E-state index contributed by atoms with van der Waals surface area (Å²) in [5, 5.41) is 10.1. The van der Waals surface area contributed by atoms with Gasteiger partial charge in [-0.05, 0) is 30.0 Å². The fraction of sp³-hybridized carbons (Fsp3) is 0.571. The third-order valence-corrected chi connectivity index (χ3v) is 4.23. The van der Waals surface area contributed by atoms with Crippen molar-refractivity contribution in [3.63, 3.8) is 0 Å². The van der Waals surface area contributed by atoms with E-state index in [9.17, 15) is 13.5 Å². The molecule has 102 valence electrons. The SMILES string of the molecule is CCCC(C)CC(O)c1ccc(S(C)(=O)=O)cc1. The molecule has 18 heavy (non-hydrogen) atoms. The highest BCUT2D eigenvalue weighted by molar-refractivity contribution is 7.90. The third kappa shape index (κ3) is 4.42. The van der Waals surface area contributed by atoms with Gasteiger partial charge in [-0.25, -0.2) is 8.42 Å². The molecule has 2 atom stereocenters. The topological polar surface area (TPSA) is 54.4 Å². The summed E-state index contributed by atoms with van der Waals surface area (Å²) < 4.78 is 22.6. The Balaban J connectivity index is 2.73. The van der Waals surface area contributed by atoms with Crippen molar-refractivity contribution in [2.75, 3.05) is 6.26 Å². The summed E-state index contributed by atoms with van der Waals surface area (Å²) in [5.41, 5.74) is 0.783. The van der Waals surface area contributed by atoms with Crippen LogP contribution in [-0.4, -0.2) is 19.8 Å². The highest BCUT2D eigenvalue weighted by atomic mass is 32.2. The molecule has 0 amide bonds. The monoisotopic (exact) mass is 270 g/mol. The molecule has 0 aliphatic heterocycles. The highest BCUT2D eigenvalue weighted by Gasteiger charge is 2.13. The van der Waals surface area contributed by atoms with E-state index in [1.807, 2.05) is 0 Å². The molecule has 1 rings (SSSR count). The highest BCUT2D eigenvalue weighted by Crippen LogP contribution is 2.24. The number of aliphatic hydroxyl groups is 1. The lowest BCUT2D eigenvalue weighted by Crippen LogP contribution is -2.05. The Kier molecular flexibility index (Phi) is 5.35. The van der Waals surface area contributed by atoms with Crippen LogP contribution in [0.4, 0.5) is 0 Å². The zero-order valence-corrected chi connectivity index (χ0v) is 12.1. The molecule has 0 aromatic heterocycles. The van der Waals surface area contributed by atoms with Gasteiger partial charge in [0.05, 0.1) is 11.0 Å². The minimum Gasteiger partial charge on any atom is -0.388 e. The molecule has 0 aliphatic carbocycles. The van der Waals surface area contributed by atoms with Crippen LogP contribution in [0, 0.1) is 5.92 Å². The molecule has 1 aromatic rings.